The fourth-order valence-corrected chi connectivity index (χ4v) is 5.39. The highest BCUT2D eigenvalue weighted by Crippen LogP contribution is 2.16. The van der Waals surface area contributed by atoms with Crippen molar-refractivity contribution in [3.8, 4) is 5.69 Å². The number of rotatable bonds is 5. The highest BCUT2D eigenvalue weighted by molar-refractivity contribution is 7.91. The molecule has 0 amide bonds. The van der Waals surface area contributed by atoms with Crippen molar-refractivity contribution < 1.29 is 13.3 Å². The van der Waals surface area contributed by atoms with Gasteiger partial charge in [-0.25, -0.2) is 8.42 Å². The van der Waals surface area contributed by atoms with Crippen LogP contribution in [0.15, 0.2) is 18.2 Å². The predicted octanol–water partition coefficient (Wildman–Crippen LogP) is 0.465. The van der Waals surface area contributed by atoms with Crippen LogP contribution in [0.1, 0.15) is 24.5 Å². The molecular formula is C16H24N5O2S2+. The van der Waals surface area contributed by atoms with Crippen LogP contribution in [0.2, 0.25) is 0 Å². The van der Waals surface area contributed by atoms with E-state index >= 15 is 0 Å². The first kappa shape index (κ1) is 18.2. The molecule has 1 unspecified atom stereocenters. The fraction of sp³-hybridized carbons (Fsp3) is 0.562. The van der Waals surface area contributed by atoms with Crippen LogP contribution in [-0.2, 0) is 16.5 Å². The Hall–Kier alpha value is -1.58. The second kappa shape index (κ2) is 6.97. The molecule has 1 fully saturated rings. The smallest absolute Gasteiger partial charge is 0.225 e. The number of nitrogens with zero attached hydrogens (tertiary/aromatic N) is 4. The Bertz CT molecular complexity index is 932. The molecule has 2 aromatic rings. The van der Waals surface area contributed by atoms with Gasteiger partial charge < -0.3 is 4.90 Å². The molecule has 2 atom stereocenters. The largest absolute Gasteiger partial charge is 0.313 e. The summed E-state index contributed by atoms with van der Waals surface area (Å²) < 4.78 is 27.4. The Balaban J connectivity index is 1.86. The zero-order chi connectivity index (χ0) is 18.2. The highest BCUT2D eigenvalue weighted by atomic mass is 32.2. The Morgan fingerprint density at radius 2 is 2.08 bits per heavy atom. The molecule has 2 heterocycles. The molecule has 1 saturated heterocycles. The van der Waals surface area contributed by atoms with E-state index in [4.69, 9.17) is 12.2 Å². The first-order valence-corrected chi connectivity index (χ1v) is 10.7. The van der Waals surface area contributed by atoms with Gasteiger partial charge in [0, 0.05) is 6.42 Å². The summed E-state index contributed by atoms with van der Waals surface area (Å²) in [5.41, 5.74) is 3.22. The van der Waals surface area contributed by atoms with Crippen molar-refractivity contribution in [3.63, 3.8) is 0 Å². The lowest BCUT2D eigenvalue weighted by molar-refractivity contribution is -0.943. The Morgan fingerprint density at radius 3 is 2.72 bits per heavy atom. The normalized spacial score (nSPS) is 20.7. The van der Waals surface area contributed by atoms with Gasteiger partial charge >= 0.3 is 0 Å². The molecule has 3 rings (SSSR count). The average molecular weight is 383 g/mol. The summed E-state index contributed by atoms with van der Waals surface area (Å²) in [6, 6.07) is 6.11. The van der Waals surface area contributed by atoms with Gasteiger partial charge in [-0.1, -0.05) is 12.1 Å². The number of aryl methyl sites for hydroxylation is 1. The van der Waals surface area contributed by atoms with Gasteiger partial charge in [0.15, 0.2) is 16.5 Å². The number of benzene rings is 1. The molecule has 0 radical (unpaired) electrons. The summed E-state index contributed by atoms with van der Waals surface area (Å²) in [6.07, 6.45) is 0.698. The third-order valence-corrected chi connectivity index (χ3v) is 7.21. The van der Waals surface area contributed by atoms with Gasteiger partial charge in [-0.2, -0.15) is 9.36 Å². The zero-order valence-electron chi connectivity index (χ0n) is 14.8. The minimum atomic E-state index is -2.90. The summed E-state index contributed by atoms with van der Waals surface area (Å²) in [5.74, 6) is 0.524. The van der Waals surface area contributed by atoms with Crippen LogP contribution in [-0.4, -0.2) is 52.3 Å². The van der Waals surface area contributed by atoms with Crippen molar-refractivity contribution in [3.05, 3.63) is 34.1 Å². The average Bonchev–Trinajstić information content (AvgIpc) is 3.10. The molecule has 9 heteroatoms. The van der Waals surface area contributed by atoms with E-state index in [1.165, 1.54) is 10.5 Å². The molecule has 25 heavy (non-hydrogen) atoms. The van der Waals surface area contributed by atoms with Crippen LogP contribution in [0.5, 0.6) is 0 Å². The molecule has 1 aromatic carbocycles. The number of tetrazole rings is 1. The van der Waals surface area contributed by atoms with E-state index in [0.717, 1.165) is 17.8 Å². The van der Waals surface area contributed by atoms with Crippen molar-refractivity contribution in [2.45, 2.75) is 39.9 Å². The van der Waals surface area contributed by atoms with Crippen LogP contribution in [0.4, 0.5) is 0 Å². The van der Waals surface area contributed by atoms with Crippen molar-refractivity contribution in [1.29, 1.82) is 0 Å². The predicted molar refractivity (Wildman–Crippen MR) is 98.2 cm³/mol. The molecule has 1 aliphatic rings. The molecule has 0 spiro atoms. The standard InChI is InChI=1S/C16H23N5O2S2/c1-4-19(14-8-9-25(22,23)10-14)11-20-16(24)21(18-17-20)15-7-5-6-12(2)13(15)3/h5-7,14H,4,8-11H2,1-3H3/p+1/t14-/m0/s1. The first-order chi connectivity index (χ1) is 11.8. The van der Waals surface area contributed by atoms with Crippen LogP contribution < -0.4 is 4.90 Å². The lowest BCUT2D eigenvalue weighted by atomic mass is 10.1. The van der Waals surface area contributed by atoms with Crippen LogP contribution in [0.25, 0.3) is 5.69 Å². The van der Waals surface area contributed by atoms with E-state index in [2.05, 4.69) is 30.3 Å². The molecule has 1 aliphatic heterocycles. The van der Waals surface area contributed by atoms with Crippen LogP contribution in [0.3, 0.4) is 0 Å². The lowest BCUT2D eigenvalue weighted by Gasteiger charge is -2.22. The minimum Gasteiger partial charge on any atom is -0.313 e. The Kier molecular flexibility index (Phi) is 5.08. The molecule has 1 N–H and O–H groups in total. The maximum atomic E-state index is 11.8. The van der Waals surface area contributed by atoms with Gasteiger partial charge in [-0.05, 0) is 60.6 Å². The number of hydrogen-bond donors (Lipinski definition) is 1. The Labute approximate surface area is 153 Å². The fourth-order valence-electron chi connectivity index (χ4n) is 3.33. The molecular weight excluding hydrogens is 358 g/mol. The molecule has 7 nitrogen and oxygen atoms in total. The summed E-state index contributed by atoms with van der Waals surface area (Å²) in [6.45, 7) is 7.49. The summed E-state index contributed by atoms with van der Waals surface area (Å²) in [5, 5.41) is 8.44. The second-order valence-corrected chi connectivity index (χ2v) is 9.26. The van der Waals surface area contributed by atoms with E-state index < -0.39 is 9.84 Å². The van der Waals surface area contributed by atoms with E-state index in [0.29, 0.717) is 17.9 Å². The molecule has 0 bridgehead atoms. The van der Waals surface area contributed by atoms with Crippen molar-refractivity contribution in [2.24, 2.45) is 0 Å². The van der Waals surface area contributed by atoms with Crippen LogP contribution in [0, 0.1) is 18.6 Å². The topological polar surface area (TPSA) is 74.2 Å². The quantitative estimate of drug-likeness (QED) is 0.761. The molecule has 1 aromatic heterocycles. The second-order valence-electron chi connectivity index (χ2n) is 6.66. The van der Waals surface area contributed by atoms with Gasteiger partial charge in [-0.15, -0.1) is 0 Å². The van der Waals surface area contributed by atoms with Crippen molar-refractivity contribution in [2.75, 3.05) is 18.1 Å². The van der Waals surface area contributed by atoms with Gasteiger partial charge in [-0.3, -0.25) is 0 Å². The summed E-state index contributed by atoms with van der Waals surface area (Å²) >= 11 is 5.57. The maximum absolute atomic E-state index is 11.8. The minimum absolute atomic E-state index is 0.0998. The number of aromatic nitrogens is 4. The third kappa shape index (κ3) is 3.68. The van der Waals surface area contributed by atoms with E-state index in [-0.39, 0.29) is 17.5 Å². The molecule has 0 aliphatic carbocycles. The molecule has 0 saturated carbocycles. The lowest BCUT2D eigenvalue weighted by Crippen LogP contribution is -3.15. The first-order valence-electron chi connectivity index (χ1n) is 8.47. The molecule has 136 valence electrons. The van der Waals surface area contributed by atoms with Gasteiger partial charge in [0.25, 0.3) is 0 Å². The highest BCUT2D eigenvalue weighted by Gasteiger charge is 2.35. The third-order valence-electron chi connectivity index (χ3n) is 5.06. The van der Waals surface area contributed by atoms with E-state index in [1.807, 2.05) is 19.1 Å². The van der Waals surface area contributed by atoms with E-state index in [1.54, 1.807) is 9.36 Å². The summed E-state index contributed by atoms with van der Waals surface area (Å²) in [7, 11) is -2.90. The number of quaternary nitrogens is 1. The van der Waals surface area contributed by atoms with Gasteiger partial charge in [0.1, 0.15) is 11.8 Å². The number of sulfone groups is 1. The van der Waals surface area contributed by atoms with Crippen LogP contribution >= 0.6 is 12.2 Å². The van der Waals surface area contributed by atoms with E-state index in [9.17, 15) is 8.42 Å². The monoisotopic (exact) mass is 382 g/mol. The van der Waals surface area contributed by atoms with Crippen molar-refractivity contribution in [1.82, 2.24) is 19.8 Å². The summed E-state index contributed by atoms with van der Waals surface area (Å²) in [4.78, 5) is 1.17. The zero-order valence-corrected chi connectivity index (χ0v) is 16.4. The number of nitrogens with one attached hydrogen (secondary N) is 1. The SMILES string of the molecule is CC[NH+](Cn1nnn(-c2cccc(C)c2C)c1=S)[C@H]1CCS(=O)(=O)C1. The van der Waals surface area contributed by atoms with Gasteiger partial charge in [0.05, 0.1) is 18.0 Å². The Morgan fingerprint density at radius 1 is 1.32 bits per heavy atom. The number of hydrogen-bond acceptors (Lipinski definition) is 5. The van der Waals surface area contributed by atoms with Gasteiger partial charge in [0.2, 0.25) is 4.77 Å². The maximum Gasteiger partial charge on any atom is 0.225 e. The van der Waals surface area contributed by atoms with Crippen molar-refractivity contribution >= 4 is 22.1 Å².